The maximum Gasteiger partial charge on any atom is 0.346 e. The first-order valence-corrected chi connectivity index (χ1v) is 7.37. The summed E-state index contributed by atoms with van der Waals surface area (Å²) in [7, 11) is 1.30. The van der Waals surface area contributed by atoms with E-state index in [0.29, 0.717) is 28.4 Å². The van der Waals surface area contributed by atoms with E-state index in [1.54, 1.807) is 44.2 Å². The van der Waals surface area contributed by atoms with Gasteiger partial charge in [-0.3, -0.25) is 4.79 Å². The standard InChI is InChI=1S/C18H16O6/c1-10-14(23-11(2)18(20)21-3)7-6-13-16(19)15(24-17(10)13)9-12-5-4-8-22-12/h4-9,11H,1-3H3/b15-9-/t11-/m0/s1. The predicted molar refractivity (Wildman–Crippen MR) is 84.9 cm³/mol. The molecule has 2 heterocycles. The van der Waals surface area contributed by atoms with Gasteiger partial charge in [-0.2, -0.15) is 0 Å². The van der Waals surface area contributed by atoms with Crippen LogP contribution < -0.4 is 9.47 Å². The Morgan fingerprint density at radius 2 is 2.08 bits per heavy atom. The topological polar surface area (TPSA) is 75.0 Å². The van der Waals surface area contributed by atoms with Gasteiger partial charge in [0.25, 0.3) is 0 Å². The number of rotatable bonds is 4. The van der Waals surface area contributed by atoms with E-state index in [1.165, 1.54) is 13.4 Å². The van der Waals surface area contributed by atoms with Gasteiger partial charge < -0.3 is 18.6 Å². The monoisotopic (exact) mass is 328 g/mol. The number of benzene rings is 1. The Labute approximate surface area is 138 Å². The van der Waals surface area contributed by atoms with Crippen LogP contribution in [-0.4, -0.2) is 25.0 Å². The number of hydrogen-bond acceptors (Lipinski definition) is 6. The maximum atomic E-state index is 12.4. The number of hydrogen-bond donors (Lipinski definition) is 0. The smallest absolute Gasteiger partial charge is 0.346 e. The van der Waals surface area contributed by atoms with Crippen LogP contribution in [0.5, 0.6) is 11.5 Å². The molecule has 1 aromatic carbocycles. The number of carbonyl (C=O) groups excluding carboxylic acids is 2. The largest absolute Gasteiger partial charge is 0.479 e. The molecule has 1 aliphatic rings. The van der Waals surface area contributed by atoms with Crippen molar-refractivity contribution in [1.29, 1.82) is 0 Å². The molecule has 1 atom stereocenters. The molecule has 0 bridgehead atoms. The maximum absolute atomic E-state index is 12.4. The van der Waals surface area contributed by atoms with Crippen molar-refractivity contribution in [2.75, 3.05) is 7.11 Å². The van der Waals surface area contributed by atoms with Gasteiger partial charge in [-0.15, -0.1) is 0 Å². The fraction of sp³-hybridized carbons (Fsp3) is 0.222. The molecule has 0 unspecified atom stereocenters. The van der Waals surface area contributed by atoms with Crippen molar-refractivity contribution >= 4 is 17.8 Å². The zero-order valence-electron chi connectivity index (χ0n) is 13.5. The molecule has 3 rings (SSSR count). The van der Waals surface area contributed by atoms with Crippen LogP contribution in [0.25, 0.3) is 6.08 Å². The molecule has 1 aliphatic heterocycles. The molecule has 0 saturated carbocycles. The van der Waals surface area contributed by atoms with Gasteiger partial charge in [0.05, 0.1) is 18.9 Å². The summed E-state index contributed by atoms with van der Waals surface area (Å²) in [6.07, 6.45) is 2.30. The van der Waals surface area contributed by atoms with E-state index >= 15 is 0 Å². The second kappa shape index (κ2) is 6.23. The van der Waals surface area contributed by atoms with Crippen molar-refractivity contribution in [3.63, 3.8) is 0 Å². The summed E-state index contributed by atoms with van der Waals surface area (Å²) in [5, 5.41) is 0. The Balaban J connectivity index is 1.89. The van der Waals surface area contributed by atoms with Crippen LogP contribution in [0, 0.1) is 6.92 Å². The van der Waals surface area contributed by atoms with Gasteiger partial charge in [-0.05, 0) is 38.1 Å². The Hall–Kier alpha value is -3.02. The van der Waals surface area contributed by atoms with Crippen LogP contribution in [-0.2, 0) is 9.53 Å². The average molecular weight is 328 g/mol. The summed E-state index contributed by atoms with van der Waals surface area (Å²) in [4.78, 5) is 23.9. The summed E-state index contributed by atoms with van der Waals surface area (Å²) < 4.78 is 21.1. The lowest BCUT2D eigenvalue weighted by Gasteiger charge is -2.15. The van der Waals surface area contributed by atoms with Gasteiger partial charge >= 0.3 is 5.97 Å². The van der Waals surface area contributed by atoms with Crippen molar-refractivity contribution < 1.29 is 28.2 Å². The van der Waals surface area contributed by atoms with Crippen molar-refractivity contribution in [3.05, 3.63) is 53.2 Å². The lowest BCUT2D eigenvalue weighted by Crippen LogP contribution is -2.25. The molecule has 0 fully saturated rings. The minimum Gasteiger partial charge on any atom is -0.479 e. The van der Waals surface area contributed by atoms with Gasteiger partial charge in [0, 0.05) is 11.6 Å². The van der Waals surface area contributed by atoms with Gasteiger partial charge in [-0.1, -0.05) is 0 Å². The number of allylic oxidation sites excluding steroid dienone is 1. The number of carbonyl (C=O) groups is 2. The van der Waals surface area contributed by atoms with Gasteiger partial charge in [-0.25, -0.2) is 4.79 Å². The molecule has 1 aromatic heterocycles. The molecule has 124 valence electrons. The highest BCUT2D eigenvalue weighted by molar-refractivity contribution is 6.14. The highest BCUT2D eigenvalue weighted by atomic mass is 16.6. The van der Waals surface area contributed by atoms with E-state index < -0.39 is 12.1 Å². The Morgan fingerprint density at radius 1 is 1.29 bits per heavy atom. The van der Waals surface area contributed by atoms with E-state index in [4.69, 9.17) is 13.9 Å². The predicted octanol–water partition coefficient (Wildman–Crippen LogP) is 3.14. The van der Waals surface area contributed by atoms with Crippen molar-refractivity contribution in [2.24, 2.45) is 0 Å². The second-order valence-corrected chi connectivity index (χ2v) is 5.30. The van der Waals surface area contributed by atoms with E-state index in [-0.39, 0.29) is 11.5 Å². The van der Waals surface area contributed by atoms with Crippen LogP contribution in [0.3, 0.4) is 0 Å². The van der Waals surface area contributed by atoms with E-state index in [0.717, 1.165) is 0 Å². The highest BCUT2D eigenvalue weighted by Crippen LogP contribution is 2.39. The van der Waals surface area contributed by atoms with Crippen LogP contribution in [0.15, 0.2) is 40.7 Å². The lowest BCUT2D eigenvalue weighted by molar-refractivity contribution is -0.147. The normalized spacial score (nSPS) is 15.8. The molecule has 0 radical (unpaired) electrons. The Kier molecular flexibility index (Phi) is 4.12. The first-order valence-electron chi connectivity index (χ1n) is 7.37. The molecule has 0 aliphatic carbocycles. The minimum atomic E-state index is -0.762. The van der Waals surface area contributed by atoms with Gasteiger partial charge in [0.1, 0.15) is 17.3 Å². The number of ether oxygens (including phenoxy) is 3. The van der Waals surface area contributed by atoms with Crippen LogP contribution in [0.2, 0.25) is 0 Å². The average Bonchev–Trinajstić information content (AvgIpc) is 3.19. The number of ketones is 1. The number of fused-ring (bicyclic) bond motifs is 1. The zero-order chi connectivity index (χ0) is 17.3. The zero-order valence-corrected chi connectivity index (χ0v) is 13.5. The molecule has 2 aromatic rings. The van der Waals surface area contributed by atoms with Crippen LogP contribution in [0.1, 0.15) is 28.6 Å². The van der Waals surface area contributed by atoms with Crippen molar-refractivity contribution in [3.8, 4) is 11.5 Å². The SMILES string of the molecule is COC(=O)[C@H](C)Oc1ccc2c(c1C)O/C(=C\c1ccco1)C2=O. The third-order valence-electron chi connectivity index (χ3n) is 3.69. The quantitative estimate of drug-likeness (QED) is 0.634. The van der Waals surface area contributed by atoms with Crippen LogP contribution in [0.4, 0.5) is 0 Å². The number of esters is 1. The molecule has 24 heavy (non-hydrogen) atoms. The van der Waals surface area contributed by atoms with E-state index in [1.807, 2.05) is 0 Å². The van der Waals surface area contributed by atoms with Crippen molar-refractivity contribution in [2.45, 2.75) is 20.0 Å². The third-order valence-corrected chi connectivity index (χ3v) is 3.69. The number of furan rings is 1. The molecule has 0 spiro atoms. The second-order valence-electron chi connectivity index (χ2n) is 5.30. The third kappa shape index (κ3) is 2.78. The molecule has 0 N–H and O–H groups in total. The highest BCUT2D eigenvalue weighted by Gasteiger charge is 2.31. The number of methoxy groups -OCH3 is 1. The first-order chi connectivity index (χ1) is 11.5. The molecule has 0 saturated heterocycles. The summed E-state index contributed by atoms with van der Waals surface area (Å²) in [6.45, 7) is 3.36. The fourth-order valence-electron chi connectivity index (χ4n) is 2.40. The molecule has 0 amide bonds. The van der Waals surface area contributed by atoms with Crippen molar-refractivity contribution in [1.82, 2.24) is 0 Å². The van der Waals surface area contributed by atoms with E-state index in [2.05, 4.69) is 4.74 Å². The molecule has 6 heteroatoms. The van der Waals surface area contributed by atoms with Gasteiger partial charge in [0.2, 0.25) is 5.78 Å². The summed E-state index contributed by atoms with van der Waals surface area (Å²) in [5.41, 5.74) is 1.09. The number of Topliss-reactive ketones (excluding diaryl/α,β-unsaturated/α-hetero) is 1. The van der Waals surface area contributed by atoms with Crippen LogP contribution >= 0.6 is 0 Å². The van der Waals surface area contributed by atoms with Gasteiger partial charge in [0.15, 0.2) is 11.9 Å². The first kappa shape index (κ1) is 15.9. The Morgan fingerprint density at radius 3 is 2.75 bits per heavy atom. The molecular formula is C18H16O6. The minimum absolute atomic E-state index is 0.182. The van der Waals surface area contributed by atoms with E-state index in [9.17, 15) is 9.59 Å². The molecule has 6 nitrogen and oxygen atoms in total. The lowest BCUT2D eigenvalue weighted by atomic mass is 10.1. The summed E-state index contributed by atoms with van der Waals surface area (Å²) in [6, 6.07) is 6.72. The molecular weight excluding hydrogens is 312 g/mol. The summed E-state index contributed by atoms with van der Waals surface area (Å²) in [5.74, 6) is 0.884. The Bertz CT molecular complexity index is 816. The fourth-order valence-corrected chi connectivity index (χ4v) is 2.40. The summed E-state index contributed by atoms with van der Waals surface area (Å²) >= 11 is 0.